The Kier molecular flexibility index (Phi) is 4.84. The number of rotatable bonds is 3. The van der Waals surface area contributed by atoms with Crippen LogP contribution in [0.3, 0.4) is 0 Å². The molecule has 1 unspecified atom stereocenters. The molecule has 0 bridgehead atoms. The zero-order chi connectivity index (χ0) is 12.1. The first-order valence-corrected chi connectivity index (χ1v) is 5.68. The molecule has 0 saturated heterocycles. The maximum absolute atomic E-state index is 11.3. The van der Waals surface area contributed by atoms with Gasteiger partial charge in [-0.3, -0.25) is 4.79 Å². The molecule has 0 aliphatic rings. The van der Waals surface area contributed by atoms with Gasteiger partial charge in [0.15, 0.2) is 0 Å². The van der Waals surface area contributed by atoms with Gasteiger partial charge in [-0.2, -0.15) is 0 Å². The van der Waals surface area contributed by atoms with E-state index in [4.69, 9.17) is 23.2 Å². The molecule has 2 nitrogen and oxygen atoms in total. The first-order valence-electron chi connectivity index (χ1n) is 4.92. The molecule has 0 aliphatic heterocycles. The lowest BCUT2D eigenvalue weighted by Crippen LogP contribution is -2.24. The van der Waals surface area contributed by atoms with E-state index in [2.05, 4.69) is 5.32 Å². The van der Waals surface area contributed by atoms with Crippen molar-refractivity contribution in [3.8, 4) is 0 Å². The van der Waals surface area contributed by atoms with Crippen LogP contribution in [0.1, 0.15) is 25.5 Å². The summed E-state index contributed by atoms with van der Waals surface area (Å²) in [6.45, 7) is 3.66. The number of benzene rings is 1. The van der Waals surface area contributed by atoms with Crippen LogP contribution in [0.2, 0.25) is 10.0 Å². The lowest BCUT2D eigenvalue weighted by Gasteiger charge is -2.14. The second-order valence-electron chi connectivity index (χ2n) is 3.40. The predicted molar refractivity (Wildman–Crippen MR) is 67.8 cm³/mol. The molecule has 1 amide bonds. The summed E-state index contributed by atoms with van der Waals surface area (Å²) in [4.78, 5) is 11.3. The summed E-state index contributed by atoms with van der Waals surface area (Å²) in [7, 11) is 0. The molecule has 0 aliphatic carbocycles. The average Bonchev–Trinajstić information content (AvgIpc) is 2.17. The Hall–Kier alpha value is -0.990. The summed E-state index contributed by atoms with van der Waals surface area (Å²) in [5.74, 6) is -0.138. The molecule has 0 aromatic heterocycles. The van der Waals surface area contributed by atoms with E-state index >= 15 is 0 Å². The molecule has 4 heteroatoms. The van der Waals surface area contributed by atoms with Gasteiger partial charge in [0.25, 0.3) is 0 Å². The Morgan fingerprint density at radius 3 is 2.69 bits per heavy atom. The Bertz CT molecular complexity index is 415. The second kappa shape index (κ2) is 5.92. The molecule has 1 aromatic rings. The van der Waals surface area contributed by atoms with Gasteiger partial charge in [-0.15, -0.1) is 0 Å². The molecule has 1 N–H and O–H groups in total. The maximum atomic E-state index is 11.3. The van der Waals surface area contributed by atoms with E-state index in [9.17, 15) is 4.79 Å². The molecule has 1 rings (SSSR count). The lowest BCUT2D eigenvalue weighted by atomic mass is 10.1. The number of carbonyl (C=O) groups is 1. The molecule has 0 fully saturated rings. The highest BCUT2D eigenvalue weighted by Gasteiger charge is 2.11. The van der Waals surface area contributed by atoms with Crippen molar-refractivity contribution in [1.82, 2.24) is 5.32 Å². The van der Waals surface area contributed by atoms with Gasteiger partial charge < -0.3 is 5.32 Å². The Morgan fingerprint density at radius 2 is 2.12 bits per heavy atom. The quantitative estimate of drug-likeness (QED) is 0.822. The van der Waals surface area contributed by atoms with Crippen molar-refractivity contribution in [3.05, 3.63) is 46.0 Å². The van der Waals surface area contributed by atoms with Crippen molar-refractivity contribution in [2.75, 3.05) is 0 Å². The van der Waals surface area contributed by atoms with E-state index in [-0.39, 0.29) is 11.9 Å². The fraction of sp³-hybridized carbons (Fsp3) is 0.250. The predicted octanol–water partition coefficient (Wildman–Crippen LogP) is 3.75. The van der Waals surface area contributed by atoms with Crippen molar-refractivity contribution < 1.29 is 4.79 Å². The van der Waals surface area contributed by atoms with Crippen molar-refractivity contribution in [2.45, 2.75) is 19.9 Å². The fourth-order valence-electron chi connectivity index (χ4n) is 1.34. The van der Waals surface area contributed by atoms with Crippen LogP contribution in [-0.2, 0) is 4.79 Å². The third-order valence-corrected chi connectivity index (χ3v) is 2.67. The summed E-state index contributed by atoms with van der Waals surface area (Å²) in [5, 5.41) is 3.94. The molecule has 0 spiro atoms. The number of halogens is 2. The maximum Gasteiger partial charge on any atom is 0.244 e. The SMILES string of the molecule is CC=CC(=O)NC(C)c1ccc(Cl)cc1Cl. The van der Waals surface area contributed by atoms with Gasteiger partial charge in [-0.05, 0) is 37.6 Å². The van der Waals surface area contributed by atoms with E-state index in [1.807, 2.05) is 13.0 Å². The first kappa shape index (κ1) is 13.1. The number of carbonyl (C=O) groups excluding carboxylic acids is 1. The minimum Gasteiger partial charge on any atom is -0.346 e. The van der Waals surface area contributed by atoms with E-state index in [1.54, 1.807) is 25.1 Å². The van der Waals surface area contributed by atoms with Crippen molar-refractivity contribution in [1.29, 1.82) is 0 Å². The van der Waals surface area contributed by atoms with Crippen LogP contribution in [0.15, 0.2) is 30.4 Å². The molecular formula is C12H13Cl2NO. The van der Waals surface area contributed by atoms with Gasteiger partial charge >= 0.3 is 0 Å². The van der Waals surface area contributed by atoms with Crippen LogP contribution in [0.25, 0.3) is 0 Å². The second-order valence-corrected chi connectivity index (χ2v) is 4.24. The molecule has 16 heavy (non-hydrogen) atoms. The Labute approximate surface area is 105 Å². The summed E-state index contributed by atoms with van der Waals surface area (Å²) >= 11 is 11.8. The van der Waals surface area contributed by atoms with Crippen molar-refractivity contribution >= 4 is 29.1 Å². The standard InChI is InChI=1S/C12H13Cl2NO/c1-3-4-12(16)15-8(2)10-6-5-9(13)7-11(10)14/h3-8H,1-2H3,(H,15,16). The smallest absolute Gasteiger partial charge is 0.244 e. The van der Waals surface area contributed by atoms with Crippen LogP contribution in [0, 0.1) is 0 Å². The highest BCUT2D eigenvalue weighted by Crippen LogP contribution is 2.25. The highest BCUT2D eigenvalue weighted by atomic mass is 35.5. The molecule has 0 radical (unpaired) electrons. The monoisotopic (exact) mass is 257 g/mol. The van der Waals surface area contributed by atoms with Gasteiger partial charge in [0, 0.05) is 10.0 Å². The summed E-state index contributed by atoms with van der Waals surface area (Å²) in [6, 6.07) is 5.08. The third kappa shape index (κ3) is 3.54. The number of nitrogens with one attached hydrogen (secondary N) is 1. The highest BCUT2D eigenvalue weighted by molar-refractivity contribution is 6.35. The average molecular weight is 258 g/mol. The molecule has 0 saturated carbocycles. The van der Waals surface area contributed by atoms with Gasteiger partial charge in [0.05, 0.1) is 6.04 Å². The number of amides is 1. The van der Waals surface area contributed by atoms with Crippen LogP contribution in [0.4, 0.5) is 0 Å². The minimum atomic E-state index is -0.145. The largest absolute Gasteiger partial charge is 0.346 e. The van der Waals surface area contributed by atoms with Crippen molar-refractivity contribution in [3.63, 3.8) is 0 Å². The van der Waals surface area contributed by atoms with Crippen molar-refractivity contribution in [2.24, 2.45) is 0 Å². The Balaban J connectivity index is 2.80. The van der Waals surface area contributed by atoms with E-state index in [0.29, 0.717) is 10.0 Å². The first-order chi connectivity index (χ1) is 7.54. The molecular weight excluding hydrogens is 245 g/mol. The molecule has 1 aromatic carbocycles. The fourth-order valence-corrected chi connectivity index (χ4v) is 1.92. The number of hydrogen-bond donors (Lipinski definition) is 1. The van der Waals surface area contributed by atoms with Gasteiger partial charge in [0.1, 0.15) is 0 Å². The molecule has 86 valence electrons. The van der Waals surface area contributed by atoms with Crippen LogP contribution in [-0.4, -0.2) is 5.91 Å². The zero-order valence-electron chi connectivity index (χ0n) is 9.13. The van der Waals surface area contributed by atoms with Crippen LogP contribution < -0.4 is 5.32 Å². The van der Waals surface area contributed by atoms with E-state index in [1.165, 1.54) is 6.08 Å². The molecule has 0 heterocycles. The molecule has 1 atom stereocenters. The summed E-state index contributed by atoms with van der Waals surface area (Å²) in [6.07, 6.45) is 3.16. The minimum absolute atomic E-state index is 0.138. The summed E-state index contributed by atoms with van der Waals surface area (Å²) in [5.41, 5.74) is 0.851. The van der Waals surface area contributed by atoms with Gasteiger partial charge in [-0.25, -0.2) is 0 Å². The van der Waals surface area contributed by atoms with Gasteiger partial charge in [0.2, 0.25) is 5.91 Å². The van der Waals surface area contributed by atoms with Crippen LogP contribution >= 0.6 is 23.2 Å². The Morgan fingerprint density at radius 1 is 1.44 bits per heavy atom. The lowest BCUT2D eigenvalue weighted by molar-refractivity contribution is -0.117. The number of hydrogen-bond acceptors (Lipinski definition) is 1. The van der Waals surface area contributed by atoms with E-state index < -0.39 is 0 Å². The summed E-state index contributed by atoms with van der Waals surface area (Å²) < 4.78 is 0. The number of allylic oxidation sites excluding steroid dienone is 1. The third-order valence-electron chi connectivity index (χ3n) is 2.11. The van der Waals surface area contributed by atoms with Gasteiger partial charge in [-0.1, -0.05) is 35.3 Å². The van der Waals surface area contributed by atoms with Crippen LogP contribution in [0.5, 0.6) is 0 Å². The topological polar surface area (TPSA) is 29.1 Å². The zero-order valence-corrected chi connectivity index (χ0v) is 10.6. The normalized spacial score (nSPS) is 12.8. The van der Waals surface area contributed by atoms with E-state index in [0.717, 1.165) is 5.56 Å².